The number of para-hydroxylation sites is 3. The number of fused-ring (bicyclic) bond motifs is 6. The fourth-order valence-electron chi connectivity index (χ4n) is 9.11. The lowest BCUT2D eigenvalue weighted by atomic mass is 9.77. The van der Waals surface area contributed by atoms with E-state index in [1.54, 1.807) is 0 Å². The Morgan fingerprint density at radius 3 is 1.19 bits per heavy atom. The molecule has 2 aromatic heterocycles. The quantitative estimate of drug-likeness (QED) is 0.162. The molecule has 0 fully saturated rings. The molecule has 0 bridgehead atoms. The fourth-order valence-corrected chi connectivity index (χ4v) is 9.11. The lowest BCUT2D eigenvalue weighted by Crippen LogP contribution is -2.29. The van der Waals surface area contributed by atoms with Crippen LogP contribution in [-0.2, 0) is 5.60 Å². The van der Waals surface area contributed by atoms with Gasteiger partial charge in [0.15, 0.2) is 0 Å². The van der Waals surface area contributed by atoms with Crippen molar-refractivity contribution < 1.29 is 5.11 Å². The summed E-state index contributed by atoms with van der Waals surface area (Å²) in [4.78, 5) is 0. The maximum absolute atomic E-state index is 12.8. The van der Waals surface area contributed by atoms with Crippen LogP contribution in [0.2, 0.25) is 0 Å². The summed E-state index contributed by atoms with van der Waals surface area (Å²) in [6.07, 6.45) is 0. The summed E-state index contributed by atoms with van der Waals surface area (Å²) in [5, 5.41) is 17.7. The van der Waals surface area contributed by atoms with Crippen molar-refractivity contribution in [3.63, 3.8) is 0 Å². The van der Waals surface area contributed by atoms with Gasteiger partial charge in [-0.25, -0.2) is 0 Å². The van der Waals surface area contributed by atoms with Gasteiger partial charge in [0, 0.05) is 38.5 Å². The van der Waals surface area contributed by atoms with Gasteiger partial charge in [-0.15, -0.1) is 0 Å². The SMILES string of the molecule is OC(c1ccccc1)(c1ccccc1)c1ccccc1-c1ccc2c(c1)c1ccccc1n2-c1ccc(-c2ccc(-n3c4ccccc4c4ccccc43)cc2)cc1. The average Bonchev–Trinajstić information content (AvgIpc) is 3.82. The molecule has 3 heteroatoms. The van der Waals surface area contributed by atoms with Gasteiger partial charge in [-0.2, -0.15) is 0 Å². The van der Waals surface area contributed by atoms with Crippen molar-refractivity contribution in [1.29, 1.82) is 0 Å². The van der Waals surface area contributed by atoms with E-state index in [-0.39, 0.29) is 0 Å². The van der Waals surface area contributed by atoms with E-state index in [1.807, 2.05) is 66.7 Å². The van der Waals surface area contributed by atoms with Gasteiger partial charge in [0.2, 0.25) is 0 Å². The van der Waals surface area contributed by atoms with Crippen LogP contribution in [0.1, 0.15) is 16.7 Å². The van der Waals surface area contributed by atoms with E-state index in [2.05, 4.69) is 167 Å². The Morgan fingerprint density at radius 2 is 0.690 bits per heavy atom. The molecule has 0 aliphatic heterocycles. The van der Waals surface area contributed by atoms with Crippen LogP contribution >= 0.6 is 0 Å². The molecule has 0 saturated heterocycles. The van der Waals surface area contributed by atoms with E-state index in [9.17, 15) is 5.11 Å². The summed E-state index contributed by atoms with van der Waals surface area (Å²) in [5.74, 6) is 0. The summed E-state index contributed by atoms with van der Waals surface area (Å²) in [7, 11) is 0. The Bertz CT molecular complexity index is 3170. The Hall–Kier alpha value is -7.46. The zero-order valence-electron chi connectivity index (χ0n) is 31.7. The highest BCUT2D eigenvalue weighted by Gasteiger charge is 2.35. The molecule has 58 heavy (non-hydrogen) atoms. The monoisotopic (exact) mass is 742 g/mol. The Morgan fingerprint density at radius 1 is 0.310 bits per heavy atom. The number of aromatic nitrogens is 2. The van der Waals surface area contributed by atoms with Crippen LogP contribution in [0.25, 0.3) is 77.2 Å². The van der Waals surface area contributed by atoms with E-state index < -0.39 is 5.60 Å². The van der Waals surface area contributed by atoms with Crippen molar-refractivity contribution in [2.75, 3.05) is 0 Å². The molecule has 2 heterocycles. The average molecular weight is 743 g/mol. The minimum Gasteiger partial charge on any atom is -0.376 e. The third-order valence-electron chi connectivity index (χ3n) is 11.8. The van der Waals surface area contributed by atoms with Crippen molar-refractivity contribution in [2.24, 2.45) is 0 Å². The minimum absolute atomic E-state index is 0.828. The molecule has 0 spiro atoms. The number of rotatable bonds is 7. The third-order valence-corrected chi connectivity index (χ3v) is 11.8. The molecule has 9 aromatic carbocycles. The minimum atomic E-state index is -1.35. The van der Waals surface area contributed by atoms with Gasteiger partial charge in [-0.3, -0.25) is 0 Å². The van der Waals surface area contributed by atoms with Crippen molar-refractivity contribution in [2.45, 2.75) is 5.60 Å². The number of hydrogen-bond donors (Lipinski definition) is 1. The smallest absolute Gasteiger partial charge is 0.141 e. The molecule has 11 aromatic rings. The predicted molar refractivity (Wildman–Crippen MR) is 241 cm³/mol. The van der Waals surface area contributed by atoms with Gasteiger partial charge in [-0.1, -0.05) is 170 Å². The van der Waals surface area contributed by atoms with Crippen molar-refractivity contribution in [1.82, 2.24) is 9.13 Å². The first-order valence-electron chi connectivity index (χ1n) is 19.8. The first kappa shape index (κ1) is 33.8. The molecular formula is C55H38N2O. The largest absolute Gasteiger partial charge is 0.376 e. The number of hydrogen-bond acceptors (Lipinski definition) is 1. The molecule has 274 valence electrons. The Labute approximate surface area is 336 Å². The molecule has 0 atom stereocenters. The fraction of sp³-hybridized carbons (Fsp3) is 0.0182. The zero-order valence-corrected chi connectivity index (χ0v) is 31.7. The highest BCUT2D eigenvalue weighted by Crippen LogP contribution is 2.43. The molecule has 0 radical (unpaired) electrons. The van der Waals surface area contributed by atoms with Gasteiger partial charge in [-0.05, 0) is 88.0 Å². The standard InChI is InChI=1S/C55H38N2O/c58-55(41-15-3-1-4-16-41,42-17-5-2-6-18-42)50-23-11-7-19-45(50)40-31-36-54-49(37-40)48-22-10-14-26-53(48)57(54)44-34-29-39(30-35-44)38-27-32-43(33-28-38)56-51-24-12-8-20-46(51)47-21-9-13-25-52(47)56/h1-37,58H. The Kier molecular flexibility index (Phi) is 7.95. The lowest BCUT2D eigenvalue weighted by molar-refractivity contribution is 0.126. The number of nitrogens with zero attached hydrogens (tertiary/aromatic N) is 2. The topological polar surface area (TPSA) is 30.1 Å². The van der Waals surface area contributed by atoms with Crippen LogP contribution in [0, 0.1) is 0 Å². The van der Waals surface area contributed by atoms with Crippen molar-refractivity contribution >= 4 is 43.6 Å². The van der Waals surface area contributed by atoms with E-state index in [0.717, 1.165) is 55.6 Å². The van der Waals surface area contributed by atoms with Crippen LogP contribution < -0.4 is 0 Å². The highest BCUT2D eigenvalue weighted by molar-refractivity contribution is 6.11. The first-order valence-corrected chi connectivity index (χ1v) is 19.8. The van der Waals surface area contributed by atoms with Gasteiger partial charge in [0.25, 0.3) is 0 Å². The van der Waals surface area contributed by atoms with E-state index in [4.69, 9.17) is 0 Å². The van der Waals surface area contributed by atoms with Gasteiger partial charge < -0.3 is 14.2 Å². The molecule has 0 unspecified atom stereocenters. The maximum Gasteiger partial charge on any atom is 0.141 e. The van der Waals surface area contributed by atoms with E-state index in [0.29, 0.717) is 0 Å². The maximum atomic E-state index is 12.8. The second-order valence-electron chi connectivity index (χ2n) is 15.0. The normalized spacial score (nSPS) is 11.9. The number of aliphatic hydroxyl groups is 1. The van der Waals surface area contributed by atoms with Crippen LogP contribution in [0.5, 0.6) is 0 Å². The van der Waals surface area contributed by atoms with Gasteiger partial charge in [0.05, 0.1) is 22.1 Å². The Balaban J connectivity index is 0.978. The summed E-state index contributed by atoms with van der Waals surface area (Å²) in [5.41, 5.74) is 12.5. The second-order valence-corrected chi connectivity index (χ2v) is 15.0. The zero-order chi connectivity index (χ0) is 38.6. The molecule has 0 saturated carbocycles. The summed E-state index contributed by atoms with van der Waals surface area (Å²) in [6, 6.07) is 78.7. The van der Waals surface area contributed by atoms with Gasteiger partial charge in [0.1, 0.15) is 5.60 Å². The molecule has 1 N–H and O–H groups in total. The van der Waals surface area contributed by atoms with Crippen molar-refractivity contribution in [3.8, 4) is 33.6 Å². The summed E-state index contributed by atoms with van der Waals surface area (Å²) in [6.45, 7) is 0. The van der Waals surface area contributed by atoms with Crippen LogP contribution in [0.15, 0.2) is 224 Å². The first-order chi connectivity index (χ1) is 28.7. The third kappa shape index (κ3) is 5.32. The summed E-state index contributed by atoms with van der Waals surface area (Å²) >= 11 is 0. The highest BCUT2D eigenvalue weighted by atomic mass is 16.3. The van der Waals surface area contributed by atoms with Gasteiger partial charge >= 0.3 is 0 Å². The molecular weight excluding hydrogens is 705 g/mol. The number of benzene rings is 9. The van der Waals surface area contributed by atoms with Crippen molar-refractivity contribution in [3.05, 3.63) is 241 Å². The molecule has 3 nitrogen and oxygen atoms in total. The molecule has 11 rings (SSSR count). The van der Waals surface area contributed by atoms with E-state index >= 15 is 0 Å². The van der Waals surface area contributed by atoms with E-state index in [1.165, 1.54) is 38.3 Å². The van der Waals surface area contributed by atoms with Crippen LogP contribution in [0.3, 0.4) is 0 Å². The molecule has 0 aliphatic carbocycles. The molecule has 0 amide bonds. The summed E-state index contributed by atoms with van der Waals surface area (Å²) < 4.78 is 4.72. The predicted octanol–water partition coefficient (Wildman–Crippen LogP) is 13.5. The molecule has 0 aliphatic rings. The van der Waals surface area contributed by atoms with Crippen LogP contribution in [-0.4, -0.2) is 14.2 Å². The van der Waals surface area contributed by atoms with Crippen LogP contribution in [0.4, 0.5) is 0 Å². The second kappa shape index (κ2) is 13.6. The lowest BCUT2D eigenvalue weighted by Gasteiger charge is -2.32.